The minimum absolute atomic E-state index is 0.528. The average Bonchev–Trinajstić information content (AvgIpc) is 3.34. The van der Waals surface area contributed by atoms with Crippen LogP contribution < -0.4 is 0 Å². The normalized spacial score (nSPS) is 11.0. The van der Waals surface area contributed by atoms with Gasteiger partial charge in [-0.2, -0.15) is 4.98 Å². The van der Waals surface area contributed by atoms with Crippen molar-refractivity contribution >= 4 is 11.8 Å². The van der Waals surface area contributed by atoms with Gasteiger partial charge >= 0.3 is 0 Å². The van der Waals surface area contributed by atoms with Crippen LogP contribution in [0.1, 0.15) is 18.3 Å². The molecule has 3 aromatic heterocycles. The molecule has 7 nitrogen and oxygen atoms in total. The Morgan fingerprint density at radius 2 is 1.78 bits per heavy atom. The molecule has 0 spiro atoms. The Kier molecular flexibility index (Phi) is 4.97. The third-order valence-electron chi connectivity index (χ3n) is 4.07. The van der Waals surface area contributed by atoms with E-state index in [0.29, 0.717) is 17.5 Å². The monoisotopic (exact) mass is 378 g/mol. The van der Waals surface area contributed by atoms with Crippen molar-refractivity contribution in [3.8, 4) is 22.8 Å². The van der Waals surface area contributed by atoms with Crippen molar-refractivity contribution in [1.29, 1.82) is 0 Å². The molecule has 0 amide bonds. The molecule has 3 heterocycles. The highest BCUT2D eigenvalue weighted by molar-refractivity contribution is 7.98. The van der Waals surface area contributed by atoms with E-state index in [-0.39, 0.29) is 0 Å². The fourth-order valence-corrected chi connectivity index (χ4v) is 3.50. The molecule has 0 fully saturated rings. The van der Waals surface area contributed by atoms with Gasteiger partial charge in [0.05, 0.1) is 5.75 Å². The highest BCUT2D eigenvalue weighted by Gasteiger charge is 2.15. The molecular weight excluding hydrogens is 360 g/mol. The molecule has 0 saturated heterocycles. The number of hydrogen-bond donors (Lipinski definition) is 0. The van der Waals surface area contributed by atoms with Crippen molar-refractivity contribution in [1.82, 2.24) is 29.9 Å². The SMILES string of the molecule is CCn1c(SCc2noc(-c3ccc(C)cc3)n2)nnc1-c1ccncc1. The molecule has 8 heteroatoms. The number of aryl methyl sites for hydroxylation is 1. The molecule has 4 aromatic rings. The van der Waals surface area contributed by atoms with Crippen LogP contribution in [0.25, 0.3) is 22.8 Å². The molecule has 0 aliphatic carbocycles. The summed E-state index contributed by atoms with van der Waals surface area (Å²) < 4.78 is 7.46. The molecule has 136 valence electrons. The van der Waals surface area contributed by atoms with Crippen molar-refractivity contribution in [2.45, 2.75) is 31.3 Å². The Balaban J connectivity index is 1.50. The van der Waals surface area contributed by atoms with E-state index >= 15 is 0 Å². The van der Waals surface area contributed by atoms with E-state index in [1.54, 1.807) is 12.4 Å². The third-order valence-corrected chi connectivity index (χ3v) is 5.03. The summed E-state index contributed by atoms with van der Waals surface area (Å²) in [4.78, 5) is 8.53. The number of nitrogens with zero attached hydrogens (tertiary/aromatic N) is 6. The first-order chi connectivity index (χ1) is 13.2. The highest BCUT2D eigenvalue weighted by Crippen LogP contribution is 2.26. The van der Waals surface area contributed by atoms with Crippen LogP contribution in [0.15, 0.2) is 58.5 Å². The summed E-state index contributed by atoms with van der Waals surface area (Å²) in [6.07, 6.45) is 3.51. The van der Waals surface area contributed by atoms with Gasteiger partial charge in [-0.05, 0) is 38.1 Å². The molecular formula is C19H18N6OS. The molecule has 0 unspecified atom stereocenters. The van der Waals surface area contributed by atoms with E-state index in [1.165, 1.54) is 17.3 Å². The fourth-order valence-electron chi connectivity index (χ4n) is 2.65. The van der Waals surface area contributed by atoms with E-state index in [1.807, 2.05) is 43.3 Å². The first-order valence-corrected chi connectivity index (χ1v) is 9.59. The van der Waals surface area contributed by atoms with Gasteiger partial charge in [0, 0.05) is 30.1 Å². The molecule has 0 radical (unpaired) electrons. The second-order valence-electron chi connectivity index (χ2n) is 5.96. The van der Waals surface area contributed by atoms with Crippen LogP contribution in [0.2, 0.25) is 0 Å². The number of benzene rings is 1. The molecule has 0 bridgehead atoms. The van der Waals surface area contributed by atoms with Crippen molar-refractivity contribution in [2.24, 2.45) is 0 Å². The molecule has 0 atom stereocenters. The summed E-state index contributed by atoms with van der Waals surface area (Å²) in [6, 6.07) is 11.9. The smallest absolute Gasteiger partial charge is 0.257 e. The van der Waals surface area contributed by atoms with Crippen LogP contribution in [-0.2, 0) is 12.3 Å². The van der Waals surface area contributed by atoms with Crippen LogP contribution in [0, 0.1) is 6.92 Å². The Morgan fingerprint density at radius 3 is 2.52 bits per heavy atom. The third kappa shape index (κ3) is 3.75. The van der Waals surface area contributed by atoms with E-state index in [2.05, 4.69) is 36.8 Å². The maximum atomic E-state index is 5.39. The Bertz CT molecular complexity index is 1030. The second-order valence-corrected chi connectivity index (χ2v) is 6.90. The first-order valence-electron chi connectivity index (χ1n) is 8.60. The Morgan fingerprint density at radius 1 is 1.00 bits per heavy atom. The zero-order chi connectivity index (χ0) is 18.6. The number of thioether (sulfide) groups is 1. The van der Waals surface area contributed by atoms with Crippen LogP contribution in [0.5, 0.6) is 0 Å². The van der Waals surface area contributed by atoms with Gasteiger partial charge in [0.1, 0.15) is 0 Å². The largest absolute Gasteiger partial charge is 0.334 e. The summed E-state index contributed by atoms with van der Waals surface area (Å²) in [5.41, 5.74) is 3.10. The van der Waals surface area contributed by atoms with Crippen molar-refractivity contribution < 1.29 is 4.52 Å². The average molecular weight is 378 g/mol. The van der Waals surface area contributed by atoms with Crippen molar-refractivity contribution in [2.75, 3.05) is 0 Å². The van der Waals surface area contributed by atoms with Crippen LogP contribution in [-0.4, -0.2) is 29.9 Å². The quantitative estimate of drug-likeness (QED) is 0.469. The lowest BCUT2D eigenvalue weighted by molar-refractivity contribution is 0.425. The number of rotatable bonds is 6. The summed E-state index contributed by atoms with van der Waals surface area (Å²) in [5, 5.41) is 13.6. The van der Waals surface area contributed by atoms with E-state index < -0.39 is 0 Å². The van der Waals surface area contributed by atoms with Crippen LogP contribution in [0.3, 0.4) is 0 Å². The van der Waals surface area contributed by atoms with Gasteiger partial charge in [-0.1, -0.05) is 34.6 Å². The molecule has 0 N–H and O–H groups in total. The molecule has 4 rings (SSSR count). The van der Waals surface area contributed by atoms with Crippen LogP contribution in [0.4, 0.5) is 0 Å². The predicted molar refractivity (Wildman–Crippen MR) is 103 cm³/mol. The minimum atomic E-state index is 0.528. The summed E-state index contributed by atoms with van der Waals surface area (Å²) >= 11 is 1.54. The van der Waals surface area contributed by atoms with Crippen molar-refractivity contribution in [3.05, 3.63) is 60.2 Å². The topological polar surface area (TPSA) is 82.5 Å². The van der Waals surface area contributed by atoms with Gasteiger partial charge in [-0.25, -0.2) is 0 Å². The lowest BCUT2D eigenvalue weighted by atomic mass is 10.1. The molecule has 1 aromatic carbocycles. The number of aromatic nitrogens is 6. The molecule has 0 aliphatic rings. The predicted octanol–water partition coefficient (Wildman–Crippen LogP) is 4.01. The zero-order valence-electron chi connectivity index (χ0n) is 15.0. The molecule has 0 aliphatic heterocycles. The number of hydrogen-bond acceptors (Lipinski definition) is 7. The summed E-state index contributed by atoms with van der Waals surface area (Å²) in [5.74, 6) is 2.55. The maximum Gasteiger partial charge on any atom is 0.257 e. The van der Waals surface area contributed by atoms with Gasteiger partial charge in [-0.15, -0.1) is 10.2 Å². The zero-order valence-corrected chi connectivity index (χ0v) is 15.8. The van der Waals surface area contributed by atoms with Gasteiger partial charge in [-0.3, -0.25) is 4.98 Å². The van der Waals surface area contributed by atoms with E-state index in [9.17, 15) is 0 Å². The van der Waals surface area contributed by atoms with E-state index in [0.717, 1.165) is 28.7 Å². The molecule has 27 heavy (non-hydrogen) atoms. The van der Waals surface area contributed by atoms with Gasteiger partial charge in [0.25, 0.3) is 5.89 Å². The minimum Gasteiger partial charge on any atom is -0.334 e. The first kappa shape index (κ1) is 17.4. The standard InChI is InChI=1S/C19H18N6OS/c1-3-25-17(14-8-10-20-11-9-14)22-23-19(25)27-12-16-21-18(26-24-16)15-6-4-13(2)5-7-15/h4-11H,3,12H2,1-2H3. The fraction of sp³-hybridized carbons (Fsp3) is 0.211. The Hall–Kier alpha value is -3.00. The van der Waals surface area contributed by atoms with Crippen LogP contribution >= 0.6 is 11.8 Å². The van der Waals surface area contributed by atoms with E-state index in [4.69, 9.17) is 4.52 Å². The Labute approximate surface area is 160 Å². The summed E-state index contributed by atoms with van der Waals surface area (Å²) in [7, 11) is 0. The lowest BCUT2D eigenvalue weighted by Crippen LogP contribution is -2.00. The highest BCUT2D eigenvalue weighted by atomic mass is 32.2. The summed E-state index contributed by atoms with van der Waals surface area (Å²) in [6.45, 7) is 4.89. The molecule has 0 saturated carbocycles. The lowest BCUT2D eigenvalue weighted by Gasteiger charge is -2.06. The van der Waals surface area contributed by atoms with Crippen molar-refractivity contribution in [3.63, 3.8) is 0 Å². The number of pyridine rings is 1. The second kappa shape index (κ2) is 7.71. The van der Waals surface area contributed by atoms with Gasteiger partial charge < -0.3 is 9.09 Å². The van der Waals surface area contributed by atoms with Gasteiger partial charge in [0.15, 0.2) is 16.8 Å². The van der Waals surface area contributed by atoms with Gasteiger partial charge in [0.2, 0.25) is 0 Å². The maximum absolute atomic E-state index is 5.39.